The van der Waals surface area contributed by atoms with E-state index >= 15 is 0 Å². The molecule has 0 atom stereocenters. The van der Waals surface area contributed by atoms with Crippen LogP contribution in [-0.4, -0.2) is 71.4 Å². The molecule has 108 valence electrons. The van der Waals surface area contributed by atoms with E-state index in [9.17, 15) is 5.11 Å². The van der Waals surface area contributed by atoms with Gasteiger partial charge in [-0.15, -0.1) is 0 Å². The van der Waals surface area contributed by atoms with Gasteiger partial charge in [0.15, 0.2) is 0 Å². The van der Waals surface area contributed by atoms with Crippen molar-refractivity contribution in [2.75, 3.05) is 46.1 Å². The third-order valence-corrected chi connectivity index (χ3v) is 3.67. The molecule has 3 heterocycles. The van der Waals surface area contributed by atoms with Crippen molar-refractivity contribution in [3.05, 3.63) is 18.0 Å². The van der Waals surface area contributed by atoms with Gasteiger partial charge >= 0.3 is 0 Å². The highest BCUT2D eigenvalue weighted by atomic mass is 16.6. The van der Waals surface area contributed by atoms with Crippen molar-refractivity contribution < 1.29 is 14.6 Å². The molecule has 0 spiro atoms. The van der Waals surface area contributed by atoms with Crippen LogP contribution in [0, 0.1) is 11.3 Å². The molecule has 0 aliphatic carbocycles. The Morgan fingerprint density at radius 1 is 1.40 bits per heavy atom. The Hall–Kier alpha value is -1.46. The topological polar surface area (TPSA) is 83.5 Å². The Morgan fingerprint density at radius 2 is 2.10 bits per heavy atom. The summed E-state index contributed by atoms with van der Waals surface area (Å²) in [6.45, 7) is 3.87. The molecule has 2 fully saturated rings. The van der Waals surface area contributed by atoms with E-state index in [1.807, 2.05) is 4.68 Å². The lowest BCUT2D eigenvalue weighted by molar-refractivity contribution is -0.0900. The molecule has 0 unspecified atom stereocenters. The Labute approximate surface area is 117 Å². The van der Waals surface area contributed by atoms with Crippen molar-refractivity contribution >= 4 is 0 Å². The third kappa shape index (κ3) is 2.83. The van der Waals surface area contributed by atoms with Gasteiger partial charge in [-0.25, -0.2) is 0 Å². The molecule has 0 saturated carbocycles. The second-order valence-electron chi connectivity index (χ2n) is 5.50. The Morgan fingerprint density at radius 3 is 2.70 bits per heavy atom. The van der Waals surface area contributed by atoms with Crippen molar-refractivity contribution in [1.29, 1.82) is 5.26 Å². The van der Waals surface area contributed by atoms with Gasteiger partial charge in [0.05, 0.1) is 44.2 Å². The number of β-amino-alcohol motifs (C(OH)–C–C–N with tert-alkyl or cyclic N) is 1. The van der Waals surface area contributed by atoms with Crippen molar-refractivity contribution in [1.82, 2.24) is 14.7 Å². The lowest BCUT2D eigenvalue weighted by atomic mass is 10.0. The zero-order valence-corrected chi connectivity index (χ0v) is 11.2. The normalized spacial score (nSPS) is 23.8. The van der Waals surface area contributed by atoms with Gasteiger partial charge in [-0.1, -0.05) is 0 Å². The fraction of sp³-hybridized carbons (Fsp3) is 0.692. The summed E-state index contributed by atoms with van der Waals surface area (Å²) in [7, 11) is 0. The lowest BCUT2D eigenvalue weighted by Crippen LogP contribution is -2.56. The predicted octanol–water partition coefficient (Wildman–Crippen LogP) is -0.611. The minimum absolute atomic E-state index is 0.272. The summed E-state index contributed by atoms with van der Waals surface area (Å²) in [6.07, 6.45) is 3.33. The van der Waals surface area contributed by atoms with Gasteiger partial charge in [-0.2, -0.15) is 10.4 Å². The maximum atomic E-state index is 10.4. The van der Waals surface area contributed by atoms with Gasteiger partial charge in [0.25, 0.3) is 0 Å². The van der Waals surface area contributed by atoms with Gasteiger partial charge in [0.1, 0.15) is 11.7 Å². The molecule has 20 heavy (non-hydrogen) atoms. The first kappa shape index (κ1) is 13.5. The third-order valence-electron chi connectivity index (χ3n) is 3.67. The monoisotopic (exact) mass is 278 g/mol. The number of likely N-dealkylation sites (tertiary alicyclic amines) is 1. The molecule has 7 heteroatoms. The molecule has 7 nitrogen and oxygen atoms in total. The highest BCUT2D eigenvalue weighted by Crippen LogP contribution is 2.24. The van der Waals surface area contributed by atoms with Gasteiger partial charge in [-0.05, 0) is 0 Å². The Bertz CT molecular complexity index is 496. The van der Waals surface area contributed by atoms with E-state index in [-0.39, 0.29) is 6.04 Å². The zero-order valence-electron chi connectivity index (χ0n) is 11.2. The zero-order chi connectivity index (χ0) is 14.0. The molecular weight excluding hydrogens is 260 g/mol. The first-order valence-electron chi connectivity index (χ1n) is 6.73. The van der Waals surface area contributed by atoms with Gasteiger partial charge in [0, 0.05) is 25.8 Å². The number of hydrogen-bond acceptors (Lipinski definition) is 6. The first-order chi connectivity index (χ1) is 9.68. The van der Waals surface area contributed by atoms with Gasteiger partial charge in [-0.3, -0.25) is 9.58 Å². The average Bonchev–Trinajstić information content (AvgIpc) is 2.76. The lowest BCUT2D eigenvalue weighted by Gasteiger charge is -2.43. The van der Waals surface area contributed by atoms with E-state index in [0.29, 0.717) is 38.5 Å². The summed E-state index contributed by atoms with van der Waals surface area (Å²) in [6, 6.07) is 2.34. The predicted molar refractivity (Wildman–Crippen MR) is 69.0 cm³/mol. The van der Waals surface area contributed by atoms with E-state index in [2.05, 4.69) is 16.1 Å². The van der Waals surface area contributed by atoms with Crippen molar-refractivity contribution in [2.45, 2.75) is 11.6 Å². The Kier molecular flexibility index (Phi) is 3.72. The van der Waals surface area contributed by atoms with Crippen molar-refractivity contribution in [3.63, 3.8) is 0 Å². The fourth-order valence-corrected chi connectivity index (χ4v) is 2.63. The van der Waals surface area contributed by atoms with E-state index in [4.69, 9.17) is 14.7 Å². The number of nitrogens with zero attached hydrogens (tertiary/aromatic N) is 4. The van der Waals surface area contributed by atoms with Crippen LogP contribution in [0.5, 0.6) is 0 Å². The molecular formula is C13H18N4O3. The van der Waals surface area contributed by atoms with E-state index in [1.54, 1.807) is 12.4 Å². The maximum Gasteiger partial charge on any atom is 0.124 e. The minimum atomic E-state index is -0.927. The smallest absolute Gasteiger partial charge is 0.124 e. The molecule has 1 aromatic heterocycles. The first-order valence-corrected chi connectivity index (χ1v) is 6.73. The van der Waals surface area contributed by atoms with Crippen molar-refractivity contribution in [2.24, 2.45) is 0 Å². The van der Waals surface area contributed by atoms with Crippen LogP contribution in [-0.2, 0) is 9.47 Å². The molecule has 2 aliphatic heterocycles. The number of rotatable bonds is 3. The molecule has 0 radical (unpaired) electrons. The summed E-state index contributed by atoms with van der Waals surface area (Å²) in [4.78, 5) is 2.15. The van der Waals surface area contributed by atoms with Crippen LogP contribution in [0.1, 0.15) is 11.6 Å². The highest BCUT2D eigenvalue weighted by Gasteiger charge is 2.37. The summed E-state index contributed by atoms with van der Waals surface area (Å²) >= 11 is 0. The largest absolute Gasteiger partial charge is 0.384 e. The SMILES string of the molecule is N#Cc1cnn(C2CN(CC3(O)COCCOC3)C2)c1. The van der Waals surface area contributed by atoms with Gasteiger partial charge < -0.3 is 14.6 Å². The molecule has 0 amide bonds. The van der Waals surface area contributed by atoms with Crippen LogP contribution in [0.3, 0.4) is 0 Å². The molecule has 2 aliphatic rings. The van der Waals surface area contributed by atoms with Crippen LogP contribution < -0.4 is 0 Å². The van der Waals surface area contributed by atoms with Crippen LogP contribution in [0.4, 0.5) is 0 Å². The molecule has 3 rings (SSSR count). The summed E-state index contributed by atoms with van der Waals surface area (Å²) in [5.41, 5.74) is -0.351. The van der Waals surface area contributed by atoms with E-state index in [0.717, 1.165) is 13.1 Å². The highest BCUT2D eigenvalue weighted by molar-refractivity contribution is 5.22. The molecule has 2 saturated heterocycles. The van der Waals surface area contributed by atoms with Crippen molar-refractivity contribution in [3.8, 4) is 6.07 Å². The number of hydrogen-bond donors (Lipinski definition) is 1. The number of ether oxygens (including phenoxy) is 2. The quantitative estimate of drug-likeness (QED) is 0.794. The van der Waals surface area contributed by atoms with Gasteiger partial charge in [0.2, 0.25) is 0 Å². The molecule has 0 aromatic carbocycles. The van der Waals surface area contributed by atoms with E-state index < -0.39 is 5.60 Å². The second-order valence-corrected chi connectivity index (χ2v) is 5.50. The van der Waals surface area contributed by atoms with Crippen LogP contribution >= 0.6 is 0 Å². The summed E-state index contributed by atoms with van der Waals surface area (Å²) in [5.74, 6) is 0. The van der Waals surface area contributed by atoms with E-state index in [1.165, 1.54) is 0 Å². The molecule has 0 bridgehead atoms. The number of aliphatic hydroxyl groups is 1. The standard InChI is InChI=1S/C13H18N4O3/c14-3-11-4-15-17(5-11)12-6-16(7-12)8-13(18)9-19-1-2-20-10-13/h4-5,12,18H,1-2,6-10H2. The average molecular weight is 278 g/mol. The van der Waals surface area contributed by atoms with Crippen LogP contribution in [0.15, 0.2) is 12.4 Å². The fourth-order valence-electron chi connectivity index (χ4n) is 2.63. The number of aromatic nitrogens is 2. The number of nitriles is 1. The Balaban J connectivity index is 1.51. The molecule has 1 aromatic rings. The van der Waals surface area contributed by atoms with Crippen LogP contribution in [0.25, 0.3) is 0 Å². The summed E-state index contributed by atoms with van der Waals surface area (Å²) in [5, 5.41) is 23.4. The molecule has 1 N–H and O–H groups in total. The second kappa shape index (κ2) is 5.50. The van der Waals surface area contributed by atoms with Crippen LogP contribution in [0.2, 0.25) is 0 Å². The summed E-state index contributed by atoms with van der Waals surface area (Å²) < 4.78 is 12.5. The maximum absolute atomic E-state index is 10.4. The minimum Gasteiger partial charge on any atom is -0.384 e.